The molecule has 0 bridgehead atoms. The molecule has 1 atom stereocenters. The lowest BCUT2D eigenvalue weighted by atomic mass is 9.80. The molecule has 2 aromatic rings. The highest BCUT2D eigenvalue weighted by Crippen LogP contribution is 2.31. The topological polar surface area (TPSA) is 117 Å². The van der Waals surface area contributed by atoms with Gasteiger partial charge in [-0.1, -0.05) is 70.9 Å². The van der Waals surface area contributed by atoms with Crippen LogP contribution in [0.15, 0.2) is 33.9 Å². The summed E-state index contributed by atoms with van der Waals surface area (Å²) in [6, 6.07) is 7.48. The van der Waals surface area contributed by atoms with Crippen LogP contribution in [-0.2, 0) is 16.0 Å². The van der Waals surface area contributed by atoms with Crippen molar-refractivity contribution in [2.45, 2.75) is 94.6 Å². The van der Waals surface area contributed by atoms with E-state index in [9.17, 15) is 14.4 Å². The standard InChI is InChI=1S/C29H43N5O4S/c1-19(2)18-23(26-32-33-28(38-26)39-20(3)4)25(36)30-27(37)29(15-8-7-9-16-29)31-24(35)22-12-10-21(11-13-22)14-17-34(5)6/h10-13,19-20,23H,7-9,14-18H2,1-6H3,(H,31,35)(H,30,36,37). The van der Waals surface area contributed by atoms with Crippen LogP contribution in [-0.4, -0.2) is 64.2 Å². The van der Waals surface area contributed by atoms with Gasteiger partial charge in [0.25, 0.3) is 17.0 Å². The van der Waals surface area contributed by atoms with E-state index >= 15 is 0 Å². The molecule has 0 saturated heterocycles. The predicted molar refractivity (Wildman–Crippen MR) is 153 cm³/mol. The van der Waals surface area contributed by atoms with Crippen LogP contribution in [0.1, 0.15) is 93.9 Å². The summed E-state index contributed by atoms with van der Waals surface area (Å²) in [6.45, 7) is 8.95. The molecular formula is C29H43N5O4S. The highest BCUT2D eigenvalue weighted by atomic mass is 32.2. The molecule has 0 radical (unpaired) electrons. The van der Waals surface area contributed by atoms with Gasteiger partial charge in [0.2, 0.25) is 11.8 Å². The Morgan fingerprint density at radius 1 is 1.03 bits per heavy atom. The minimum atomic E-state index is -1.15. The van der Waals surface area contributed by atoms with E-state index in [1.165, 1.54) is 11.8 Å². The van der Waals surface area contributed by atoms with Gasteiger partial charge in [0.1, 0.15) is 11.5 Å². The maximum absolute atomic E-state index is 13.7. The molecule has 1 aromatic heterocycles. The summed E-state index contributed by atoms with van der Waals surface area (Å²) in [5, 5.41) is 14.4. The summed E-state index contributed by atoms with van der Waals surface area (Å²) in [7, 11) is 4.05. The number of hydrogen-bond donors (Lipinski definition) is 2. The number of likely N-dealkylation sites (N-methyl/N-ethyl adjacent to an activating group) is 1. The fourth-order valence-corrected chi connectivity index (χ4v) is 5.37. The maximum atomic E-state index is 13.7. The van der Waals surface area contributed by atoms with E-state index in [4.69, 9.17) is 4.42 Å². The molecule has 2 N–H and O–H groups in total. The van der Waals surface area contributed by atoms with Crippen LogP contribution in [0.3, 0.4) is 0 Å². The first-order valence-electron chi connectivity index (χ1n) is 13.9. The van der Waals surface area contributed by atoms with Gasteiger partial charge in [-0.25, -0.2) is 0 Å². The van der Waals surface area contributed by atoms with Crippen molar-refractivity contribution in [3.8, 4) is 0 Å². The number of imide groups is 1. The van der Waals surface area contributed by atoms with E-state index in [2.05, 4.69) is 25.7 Å². The molecule has 214 valence electrons. The molecule has 1 aromatic carbocycles. The normalized spacial score (nSPS) is 15.9. The molecule has 1 fully saturated rings. The molecule has 3 rings (SSSR count). The van der Waals surface area contributed by atoms with E-state index in [1.807, 2.05) is 53.9 Å². The van der Waals surface area contributed by atoms with Gasteiger partial charge in [0.05, 0.1) is 0 Å². The van der Waals surface area contributed by atoms with E-state index in [-0.39, 0.29) is 23.0 Å². The number of thioether (sulfide) groups is 1. The smallest absolute Gasteiger partial charge is 0.276 e. The van der Waals surface area contributed by atoms with Crippen LogP contribution in [0.25, 0.3) is 0 Å². The van der Waals surface area contributed by atoms with Crippen LogP contribution in [0.5, 0.6) is 0 Å². The Kier molecular flexibility index (Phi) is 11.1. The number of aromatic nitrogens is 2. The summed E-state index contributed by atoms with van der Waals surface area (Å²) in [4.78, 5) is 42.4. The minimum Gasteiger partial charge on any atom is -0.415 e. The number of nitrogens with zero attached hydrogens (tertiary/aromatic N) is 3. The Hall–Kier alpha value is -2.72. The van der Waals surface area contributed by atoms with E-state index < -0.39 is 23.3 Å². The highest BCUT2D eigenvalue weighted by Gasteiger charge is 2.43. The van der Waals surface area contributed by atoms with Crippen LogP contribution in [0.4, 0.5) is 0 Å². The lowest BCUT2D eigenvalue weighted by Gasteiger charge is -2.36. The van der Waals surface area contributed by atoms with Crippen molar-refractivity contribution < 1.29 is 18.8 Å². The lowest BCUT2D eigenvalue weighted by molar-refractivity contribution is -0.136. The van der Waals surface area contributed by atoms with E-state index in [0.29, 0.717) is 30.0 Å². The predicted octanol–water partition coefficient (Wildman–Crippen LogP) is 4.58. The second-order valence-corrected chi connectivity index (χ2v) is 12.9. The quantitative estimate of drug-likeness (QED) is 0.364. The molecular weight excluding hydrogens is 514 g/mol. The average Bonchev–Trinajstić information content (AvgIpc) is 3.34. The van der Waals surface area contributed by atoms with Crippen LogP contribution in [0.2, 0.25) is 0 Å². The van der Waals surface area contributed by atoms with Crippen molar-refractivity contribution in [3.05, 3.63) is 41.3 Å². The molecule has 10 heteroatoms. The number of carbonyl (C=O) groups excluding carboxylic acids is 3. The summed E-state index contributed by atoms with van der Waals surface area (Å²) in [6.07, 6.45) is 4.85. The van der Waals surface area contributed by atoms with Gasteiger partial charge in [-0.2, -0.15) is 0 Å². The van der Waals surface area contributed by atoms with Gasteiger partial charge < -0.3 is 14.6 Å². The minimum absolute atomic E-state index is 0.160. The zero-order valence-electron chi connectivity index (χ0n) is 24.1. The summed E-state index contributed by atoms with van der Waals surface area (Å²) in [5.74, 6) is -1.67. The van der Waals surface area contributed by atoms with Crippen LogP contribution >= 0.6 is 11.8 Å². The molecule has 39 heavy (non-hydrogen) atoms. The molecule has 3 amide bonds. The van der Waals surface area contributed by atoms with Crippen molar-refractivity contribution in [3.63, 3.8) is 0 Å². The van der Waals surface area contributed by atoms with Crippen molar-refractivity contribution in [2.75, 3.05) is 20.6 Å². The van der Waals surface area contributed by atoms with Gasteiger partial charge in [-0.3, -0.25) is 19.7 Å². The Morgan fingerprint density at radius 2 is 1.69 bits per heavy atom. The van der Waals surface area contributed by atoms with Gasteiger partial charge in [0.15, 0.2) is 0 Å². The third kappa shape index (κ3) is 8.89. The van der Waals surface area contributed by atoms with Crippen molar-refractivity contribution >= 4 is 29.5 Å². The SMILES string of the molecule is CC(C)CC(C(=O)NC(=O)C1(NC(=O)c2ccc(CCN(C)C)cc2)CCCCC1)c1nnc(SC(C)C)o1. The average molecular weight is 558 g/mol. The van der Waals surface area contributed by atoms with Crippen molar-refractivity contribution in [2.24, 2.45) is 5.92 Å². The van der Waals surface area contributed by atoms with Gasteiger partial charge >= 0.3 is 0 Å². The second kappa shape index (κ2) is 14.1. The third-order valence-corrected chi connectivity index (χ3v) is 7.71. The van der Waals surface area contributed by atoms with Crippen LogP contribution in [0, 0.1) is 5.92 Å². The Bertz CT molecular complexity index is 1110. The largest absolute Gasteiger partial charge is 0.415 e. The zero-order valence-corrected chi connectivity index (χ0v) is 24.9. The monoisotopic (exact) mass is 557 g/mol. The van der Waals surface area contributed by atoms with E-state index in [0.717, 1.165) is 37.8 Å². The number of hydrogen-bond acceptors (Lipinski definition) is 8. The number of carbonyl (C=O) groups is 3. The first-order chi connectivity index (χ1) is 18.5. The molecule has 1 aliphatic rings. The fraction of sp³-hybridized carbons (Fsp3) is 0.621. The first-order valence-corrected chi connectivity index (χ1v) is 14.8. The molecule has 1 saturated carbocycles. The summed E-state index contributed by atoms with van der Waals surface area (Å²) >= 11 is 1.42. The zero-order chi connectivity index (χ0) is 28.6. The van der Waals surface area contributed by atoms with Gasteiger partial charge in [0, 0.05) is 17.4 Å². The third-order valence-electron chi connectivity index (χ3n) is 6.88. The molecule has 1 aliphatic carbocycles. The summed E-state index contributed by atoms with van der Waals surface area (Å²) in [5.41, 5.74) is 0.485. The molecule has 0 spiro atoms. The first kappa shape index (κ1) is 30.8. The highest BCUT2D eigenvalue weighted by molar-refractivity contribution is 7.99. The molecule has 9 nitrogen and oxygen atoms in total. The summed E-state index contributed by atoms with van der Waals surface area (Å²) < 4.78 is 5.79. The van der Waals surface area contributed by atoms with Crippen molar-refractivity contribution in [1.29, 1.82) is 0 Å². The molecule has 0 aliphatic heterocycles. The Balaban J connectivity index is 1.75. The Morgan fingerprint density at radius 3 is 2.28 bits per heavy atom. The number of rotatable bonds is 12. The number of amides is 3. The number of benzene rings is 1. The van der Waals surface area contributed by atoms with Gasteiger partial charge in [-0.15, -0.1) is 10.2 Å². The molecule has 1 unspecified atom stereocenters. The number of nitrogens with one attached hydrogen (secondary N) is 2. The van der Waals surface area contributed by atoms with Gasteiger partial charge in [-0.05, 0) is 63.4 Å². The van der Waals surface area contributed by atoms with E-state index in [1.54, 1.807) is 12.1 Å². The lowest BCUT2D eigenvalue weighted by Crippen LogP contribution is -2.61. The maximum Gasteiger partial charge on any atom is 0.276 e. The molecule has 1 heterocycles. The van der Waals surface area contributed by atoms with Crippen molar-refractivity contribution in [1.82, 2.24) is 25.7 Å². The van der Waals surface area contributed by atoms with Crippen LogP contribution < -0.4 is 10.6 Å². The second-order valence-electron chi connectivity index (χ2n) is 11.4. The Labute approximate surface area is 236 Å². The fourth-order valence-electron chi connectivity index (χ4n) is 4.75.